The predicted octanol–water partition coefficient (Wildman–Crippen LogP) is 3.64. The second-order valence-electron chi connectivity index (χ2n) is 7.11. The number of rotatable bonds is 4. The van der Waals surface area contributed by atoms with E-state index < -0.39 is 0 Å². The Balaban J connectivity index is 1.51. The fraction of sp³-hybridized carbons (Fsp3) is 0.318. The lowest BCUT2D eigenvalue weighted by molar-refractivity contribution is -0.138. The number of hydrogen-bond donors (Lipinski definition) is 0. The molecule has 0 unspecified atom stereocenters. The molecule has 1 aliphatic rings. The molecular weight excluding hydrogens is 373 g/mol. The molecule has 29 heavy (non-hydrogen) atoms. The molecule has 0 bridgehead atoms. The molecule has 6 nitrogen and oxygen atoms in total. The molecule has 1 amide bonds. The van der Waals surface area contributed by atoms with Crippen molar-refractivity contribution in [3.63, 3.8) is 0 Å². The molecule has 3 aromatic rings. The Kier molecular flexibility index (Phi) is 5.40. The molecule has 1 saturated heterocycles. The first kappa shape index (κ1) is 19.3. The molecule has 0 N–H and O–H groups in total. The summed E-state index contributed by atoms with van der Waals surface area (Å²) < 4.78 is 25.0. The number of amides is 1. The van der Waals surface area contributed by atoms with Gasteiger partial charge in [0.2, 0.25) is 5.91 Å². The maximum Gasteiger partial charge on any atom is 0.227 e. The number of aromatic nitrogens is 2. The Morgan fingerprint density at radius 1 is 1.21 bits per heavy atom. The second kappa shape index (κ2) is 8.13. The van der Waals surface area contributed by atoms with E-state index in [0.717, 1.165) is 22.6 Å². The number of nitrogens with zero attached hydrogens (tertiary/aromatic N) is 3. The number of carbonyl (C=O) groups excluding carboxylic acids is 1. The molecule has 1 atom stereocenters. The van der Waals surface area contributed by atoms with E-state index in [-0.39, 0.29) is 24.2 Å². The molecule has 4 rings (SSSR count). The van der Waals surface area contributed by atoms with Crippen LogP contribution in [0.25, 0.3) is 11.3 Å². The van der Waals surface area contributed by atoms with E-state index in [4.69, 9.17) is 14.2 Å². The molecule has 150 valence electrons. The van der Waals surface area contributed by atoms with Crippen LogP contribution in [-0.2, 0) is 16.0 Å². The van der Waals surface area contributed by atoms with Gasteiger partial charge in [0.15, 0.2) is 0 Å². The van der Waals surface area contributed by atoms with Crippen molar-refractivity contribution in [2.24, 2.45) is 0 Å². The summed E-state index contributed by atoms with van der Waals surface area (Å²) in [6.45, 7) is 4.99. The molecule has 0 radical (unpaired) electrons. The van der Waals surface area contributed by atoms with E-state index in [9.17, 15) is 9.18 Å². The van der Waals surface area contributed by atoms with Crippen molar-refractivity contribution < 1.29 is 18.4 Å². The SMILES string of the molecule is Cc1noc(C)c1-c1cccc([C@@H]2CN(C(=O)Cc3ccccc3F)CCO2)n1. The van der Waals surface area contributed by atoms with E-state index in [1.165, 1.54) is 6.07 Å². The minimum Gasteiger partial charge on any atom is -0.368 e. The molecule has 7 heteroatoms. The third-order valence-corrected chi connectivity index (χ3v) is 5.11. The number of ether oxygens (including phenoxy) is 1. The molecule has 0 spiro atoms. The number of benzene rings is 1. The lowest BCUT2D eigenvalue weighted by Crippen LogP contribution is -2.43. The Hall–Kier alpha value is -3.06. The normalized spacial score (nSPS) is 16.8. The number of carbonyl (C=O) groups is 1. The van der Waals surface area contributed by atoms with Crippen LogP contribution in [0, 0.1) is 19.7 Å². The maximum absolute atomic E-state index is 13.9. The van der Waals surface area contributed by atoms with Gasteiger partial charge in [-0.15, -0.1) is 0 Å². The lowest BCUT2D eigenvalue weighted by Gasteiger charge is -2.33. The summed E-state index contributed by atoms with van der Waals surface area (Å²) in [7, 11) is 0. The third-order valence-electron chi connectivity index (χ3n) is 5.11. The zero-order chi connectivity index (χ0) is 20.4. The van der Waals surface area contributed by atoms with Gasteiger partial charge in [0.05, 0.1) is 42.2 Å². The van der Waals surface area contributed by atoms with Crippen molar-refractivity contribution in [2.45, 2.75) is 26.4 Å². The van der Waals surface area contributed by atoms with E-state index in [1.807, 2.05) is 32.0 Å². The highest BCUT2D eigenvalue weighted by molar-refractivity contribution is 5.79. The fourth-order valence-electron chi connectivity index (χ4n) is 3.59. The van der Waals surface area contributed by atoms with Crippen LogP contribution < -0.4 is 0 Å². The van der Waals surface area contributed by atoms with Crippen LogP contribution in [0.5, 0.6) is 0 Å². The van der Waals surface area contributed by atoms with Gasteiger partial charge in [-0.2, -0.15) is 0 Å². The molecule has 0 aliphatic carbocycles. The average molecular weight is 395 g/mol. The van der Waals surface area contributed by atoms with Crippen LogP contribution in [0.1, 0.15) is 28.8 Å². The molecule has 3 heterocycles. The van der Waals surface area contributed by atoms with Gasteiger partial charge in [-0.3, -0.25) is 4.79 Å². The van der Waals surface area contributed by atoms with E-state index in [0.29, 0.717) is 31.0 Å². The fourth-order valence-corrected chi connectivity index (χ4v) is 3.59. The minimum absolute atomic E-state index is 0.0337. The lowest BCUT2D eigenvalue weighted by atomic mass is 10.1. The monoisotopic (exact) mass is 395 g/mol. The molecule has 2 aromatic heterocycles. The van der Waals surface area contributed by atoms with E-state index in [1.54, 1.807) is 23.1 Å². The van der Waals surface area contributed by atoms with E-state index >= 15 is 0 Å². The van der Waals surface area contributed by atoms with Gasteiger partial charge >= 0.3 is 0 Å². The first-order chi connectivity index (χ1) is 14.0. The third kappa shape index (κ3) is 4.05. The highest BCUT2D eigenvalue weighted by Crippen LogP contribution is 2.28. The Labute approximate surface area is 168 Å². The predicted molar refractivity (Wildman–Crippen MR) is 105 cm³/mol. The highest BCUT2D eigenvalue weighted by atomic mass is 19.1. The Morgan fingerprint density at radius 3 is 2.79 bits per heavy atom. The van der Waals surface area contributed by atoms with Gasteiger partial charge < -0.3 is 14.2 Å². The van der Waals surface area contributed by atoms with Gasteiger partial charge in [0, 0.05) is 6.54 Å². The van der Waals surface area contributed by atoms with Gasteiger partial charge in [0.25, 0.3) is 0 Å². The highest BCUT2D eigenvalue weighted by Gasteiger charge is 2.27. The smallest absolute Gasteiger partial charge is 0.227 e. The molecule has 1 fully saturated rings. The Bertz CT molecular complexity index is 1010. The first-order valence-corrected chi connectivity index (χ1v) is 9.56. The average Bonchev–Trinajstić information content (AvgIpc) is 3.08. The van der Waals surface area contributed by atoms with Gasteiger partial charge in [-0.1, -0.05) is 29.4 Å². The zero-order valence-electron chi connectivity index (χ0n) is 16.4. The van der Waals surface area contributed by atoms with Crippen LogP contribution in [0.3, 0.4) is 0 Å². The van der Waals surface area contributed by atoms with Gasteiger partial charge in [0.1, 0.15) is 17.7 Å². The van der Waals surface area contributed by atoms with Crippen molar-refractivity contribution >= 4 is 5.91 Å². The van der Waals surface area contributed by atoms with Crippen LogP contribution in [-0.4, -0.2) is 40.6 Å². The standard InChI is InChI=1S/C22H22FN3O3/c1-14-22(15(2)29-25-14)19-9-5-8-18(24-19)20-13-26(10-11-28-20)21(27)12-16-6-3-4-7-17(16)23/h3-9,20H,10-13H2,1-2H3/t20-/m0/s1. The summed E-state index contributed by atoms with van der Waals surface area (Å²) in [5, 5.41) is 3.99. The Morgan fingerprint density at radius 2 is 2.03 bits per heavy atom. The van der Waals surface area contributed by atoms with Crippen molar-refractivity contribution in [3.8, 4) is 11.3 Å². The van der Waals surface area contributed by atoms with Crippen molar-refractivity contribution in [2.75, 3.05) is 19.7 Å². The minimum atomic E-state index is -0.362. The first-order valence-electron chi connectivity index (χ1n) is 9.56. The summed E-state index contributed by atoms with van der Waals surface area (Å²) in [5.74, 6) is 0.225. The zero-order valence-corrected chi connectivity index (χ0v) is 16.4. The molecule has 1 aromatic carbocycles. The number of aryl methyl sites for hydroxylation is 2. The number of pyridine rings is 1. The molecule has 1 aliphatic heterocycles. The maximum atomic E-state index is 13.9. The number of hydrogen-bond acceptors (Lipinski definition) is 5. The second-order valence-corrected chi connectivity index (χ2v) is 7.11. The number of morpholine rings is 1. The van der Waals surface area contributed by atoms with Crippen molar-refractivity contribution in [1.29, 1.82) is 0 Å². The van der Waals surface area contributed by atoms with E-state index in [2.05, 4.69) is 5.16 Å². The van der Waals surface area contributed by atoms with Gasteiger partial charge in [-0.05, 0) is 37.6 Å². The summed E-state index contributed by atoms with van der Waals surface area (Å²) in [6.07, 6.45) is -0.305. The summed E-state index contributed by atoms with van der Waals surface area (Å²) in [5.41, 5.74) is 3.55. The molecule has 0 saturated carbocycles. The van der Waals surface area contributed by atoms with Crippen LogP contribution in [0.4, 0.5) is 4.39 Å². The topological polar surface area (TPSA) is 68.5 Å². The summed E-state index contributed by atoms with van der Waals surface area (Å²) in [6, 6.07) is 12.1. The number of halogens is 1. The van der Waals surface area contributed by atoms with Crippen LogP contribution in [0.2, 0.25) is 0 Å². The van der Waals surface area contributed by atoms with Crippen molar-refractivity contribution in [1.82, 2.24) is 15.0 Å². The van der Waals surface area contributed by atoms with Crippen LogP contribution >= 0.6 is 0 Å². The quantitative estimate of drug-likeness (QED) is 0.675. The van der Waals surface area contributed by atoms with Crippen molar-refractivity contribution in [3.05, 3.63) is 71.0 Å². The van der Waals surface area contributed by atoms with Crippen LogP contribution in [0.15, 0.2) is 47.0 Å². The largest absolute Gasteiger partial charge is 0.368 e. The summed E-state index contributed by atoms with van der Waals surface area (Å²) >= 11 is 0. The van der Waals surface area contributed by atoms with Gasteiger partial charge in [-0.25, -0.2) is 9.37 Å². The summed E-state index contributed by atoms with van der Waals surface area (Å²) in [4.78, 5) is 19.1. The molecular formula is C22H22FN3O3.